The van der Waals surface area contributed by atoms with Crippen LogP contribution in [0.3, 0.4) is 0 Å². The average Bonchev–Trinajstić information content (AvgIpc) is 2.95. The SMILES string of the molecule is CC(C)N1COc2cc3c(cc2C1=O)OC1CCCN1C3=O. The second-order valence-electron chi connectivity index (χ2n) is 6.20. The molecule has 1 unspecified atom stereocenters. The standard InChI is InChI=1S/C16H18N2O4/c1-9(2)18-8-21-12-6-11-13(7-10(12)16(18)20)22-14-4-3-5-17(14)15(11)19/h6-7,9,14H,3-5,8H2,1-2H3. The fourth-order valence-electron chi connectivity index (χ4n) is 3.24. The third-order valence-electron chi connectivity index (χ3n) is 4.51. The van der Waals surface area contributed by atoms with Gasteiger partial charge in [-0.3, -0.25) is 9.59 Å². The van der Waals surface area contributed by atoms with Gasteiger partial charge in [0.1, 0.15) is 11.5 Å². The van der Waals surface area contributed by atoms with Crippen molar-refractivity contribution in [1.82, 2.24) is 9.80 Å². The molecule has 116 valence electrons. The van der Waals surface area contributed by atoms with Crippen LogP contribution in [0.2, 0.25) is 0 Å². The highest BCUT2D eigenvalue weighted by Gasteiger charge is 2.39. The molecule has 1 atom stereocenters. The summed E-state index contributed by atoms with van der Waals surface area (Å²) in [6, 6.07) is 3.37. The number of fused-ring (bicyclic) bond motifs is 3. The third kappa shape index (κ3) is 1.79. The molecule has 3 aliphatic rings. The maximum absolute atomic E-state index is 12.5. The van der Waals surface area contributed by atoms with E-state index in [-0.39, 0.29) is 30.8 Å². The molecule has 3 aliphatic heterocycles. The van der Waals surface area contributed by atoms with Gasteiger partial charge < -0.3 is 19.3 Å². The van der Waals surface area contributed by atoms with Gasteiger partial charge in [-0.15, -0.1) is 0 Å². The number of rotatable bonds is 1. The van der Waals surface area contributed by atoms with Crippen molar-refractivity contribution in [2.75, 3.05) is 13.3 Å². The first-order chi connectivity index (χ1) is 10.6. The summed E-state index contributed by atoms with van der Waals surface area (Å²) >= 11 is 0. The topological polar surface area (TPSA) is 59.1 Å². The zero-order valence-corrected chi connectivity index (χ0v) is 12.7. The Kier molecular flexibility index (Phi) is 2.82. The van der Waals surface area contributed by atoms with Gasteiger partial charge in [-0.25, -0.2) is 0 Å². The van der Waals surface area contributed by atoms with Crippen LogP contribution in [0, 0.1) is 0 Å². The Morgan fingerprint density at radius 2 is 1.86 bits per heavy atom. The van der Waals surface area contributed by atoms with E-state index in [1.54, 1.807) is 21.9 Å². The van der Waals surface area contributed by atoms with Crippen molar-refractivity contribution >= 4 is 11.8 Å². The molecular weight excluding hydrogens is 284 g/mol. The molecule has 1 aromatic carbocycles. The summed E-state index contributed by atoms with van der Waals surface area (Å²) in [5.74, 6) is 0.850. The van der Waals surface area contributed by atoms with E-state index in [1.165, 1.54) is 0 Å². The van der Waals surface area contributed by atoms with Crippen LogP contribution in [0.1, 0.15) is 47.4 Å². The smallest absolute Gasteiger partial charge is 0.260 e. The molecule has 22 heavy (non-hydrogen) atoms. The van der Waals surface area contributed by atoms with Crippen molar-refractivity contribution in [3.63, 3.8) is 0 Å². The summed E-state index contributed by atoms with van der Waals surface area (Å²) in [7, 11) is 0. The minimum atomic E-state index is -0.195. The Balaban J connectivity index is 1.77. The van der Waals surface area contributed by atoms with E-state index >= 15 is 0 Å². The van der Waals surface area contributed by atoms with E-state index < -0.39 is 0 Å². The van der Waals surface area contributed by atoms with E-state index in [2.05, 4.69) is 0 Å². The molecule has 1 saturated heterocycles. The number of carbonyl (C=O) groups excluding carboxylic acids is 2. The number of benzene rings is 1. The van der Waals surface area contributed by atoms with Crippen molar-refractivity contribution in [2.24, 2.45) is 0 Å². The van der Waals surface area contributed by atoms with Crippen molar-refractivity contribution in [2.45, 2.75) is 39.0 Å². The summed E-state index contributed by atoms with van der Waals surface area (Å²) < 4.78 is 11.6. The van der Waals surface area contributed by atoms with Crippen LogP contribution in [0.15, 0.2) is 12.1 Å². The lowest BCUT2D eigenvalue weighted by Gasteiger charge is -2.35. The van der Waals surface area contributed by atoms with E-state index in [4.69, 9.17) is 9.47 Å². The predicted octanol–water partition coefficient (Wildman–Crippen LogP) is 1.84. The fraction of sp³-hybridized carbons (Fsp3) is 0.500. The maximum atomic E-state index is 12.5. The predicted molar refractivity (Wildman–Crippen MR) is 77.9 cm³/mol. The summed E-state index contributed by atoms with van der Waals surface area (Å²) in [6.45, 7) is 4.83. The first-order valence-electron chi connectivity index (χ1n) is 7.65. The van der Waals surface area contributed by atoms with Crippen molar-refractivity contribution in [3.8, 4) is 11.5 Å². The van der Waals surface area contributed by atoms with Crippen LogP contribution < -0.4 is 9.47 Å². The molecule has 0 spiro atoms. The van der Waals surface area contributed by atoms with E-state index in [0.29, 0.717) is 22.6 Å². The first kappa shape index (κ1) is 13.4. The highest BCUT2D eigenvalue weighted by molar-refractivity contribution is 6.03. The molecule has 0 radical (unpaired) electrons. The number of ether oxygens (including phenoxy) is 2. The average molecular weight is 302 g/mol. The molecule has 0 aromatic heterocycles. The van der Waals surface area contributed by atoms with Gasteiger partial charge in [-0.2, -0.15) is 0 Å². The minimum Gasteiger partial charge on any atom is -0.472 e. The van der Waals surface area contributed by atoms with Crippen LogP contribution >= 0.6 is 0 Å². The number of nitrogens with zero attached hydrogens (tertiary/aromatic N) is 2. The highest BCUT2D eigenvalue weighted by Crippen LogP contribution is 2.38. The zero-order valence-electron chi connectivity index (χ0n) is 12.7. The van der Waals surface area contributed by atoms with Gasteiger partial charge in [0.25, 0.3) is 11.8 Å². The van der Waals surface area contributed by atoms with Gasteiger partial charge in [0.05, 0.1) is 11.1 Å². The Hall–Kier alpha value is -2.24. The quantitative estimate of drug-likeness (QED) is 0.794. The first-order valence-corrected chi connectivity index (χ1v) is 7.65. The van der Waals surface area contributed by atoms with Gasteiger partial charge in [0, 0.05) is 19.0 Å². The van der Waals surface area contributed by atoms with Crippen molar-refractivity contribution in [1.29, 1.82) is 0 Å². The largest absolute Gasteiger partial charge is 0.472 e. The van der Waals surface area contributed by atoms with Gasteiger partial charge in [0.15, 0.2) is 13.0 Å². The normalized spacial score (nSPS) is 23.0. The van der Waals surface area contributed by atoms with Crippen LogP contribution in [-0.4, -0.2) is 47.2 Å². The maximum Gasteiger partial charge on any atom is 0.260 e. The van der Waals surface area contributed by atoms with Gasteiger partial charge in [0.2, 0.25) is 0 Å². The molecular formula is C16H18N2O4. The minimum absolute atomic E-state index is 0.0334. The molecule has 0 bridgehead atoms. The van der Waals surface area contributed by atoms with Crippen LogP contribution in [0.25, 0.3) is 0 Å². The molecule has 3 heterocycles. The van der Waals surface area contributed by atoms with Crippen molar-refractivity contribution < 1.29 is 19.1 Å². The molecule has 0 aliphatic carbocycles. The summed E-state index contributed by atoms with van der Waals surface area (Å²) in [4.78, 5) is 28.5. The van der Waals surface area contributed by atoms with Crippen molar-refractivity contribution in [3.05, 3.63) is 23.3 Å². The second kappa shape index (κ2) is 4.63. The van der Waals surface area contributed by atoms with Gasteiger partial charge in [-0.05, 0) is 32.4 Å². The number of hydrogen-bond donors (Lipinski definition) is 0. The lowest BCUT2D eigenvalue weighted by Crippen LogP contribution is -2.45. The number of carbonyl (C=O) groups is 2. The highest BCUT2D eigenvalue weighted by atomic mass is 16.5. The van der Waals surface area contributed by atoms with Crippen LogP contribution in [-0.2, 0) is 0 Å². The summed E-state index contributed by atoms with van der Waals surface area (Å²) in [5.41, 5.74) is 0.959. The number of hydrogen-bond acceptors (Lipinski definition) is 4. The van der Waals surface area contributed by atoms with Crippen LogP contribution in [0.5, 0.6) is 11.5 Å². The molecule has 1 aromatic rings. The molecule has 6 nitrogen and oxygen atoms in total. The van der Waals surface area contributed by atoms with Gasteiger partial charge in [-0.1, -0.05) is 0 Å². The number of amides is 2. The molecule has 6 heteroatoms. The molecule has 2 amide bonds. The lowest BCUT2D eigenvalue weighted by atomic mass is 10.0. The monoisotopic (exact) mass is 302 g/mol. The molecule has 0 saturated carbocycles. The lowest BCUT2D eigenvalue weighted by molar-refractivity contribution is 0.0277. The Morgan fingerprint density at radius 3 is 2.64 bits per heavy atom. The molecule has 1 fully saturated rings. The Bertz CT molecular complexity index is 670. The van der Waals surface area contributed by atoms with E-state index in [0.717, 1.165) is 19.4 Å². The van der Waals surface area contributed by atoms with E-state index in [9.17, 15) is 9.59 Å². The Morgan fingerprint density at radius 1 is 1.14 bits per heavy atom. The fourth-order valence-corrected chi connectivity index (χ4v) is 3.24. The zero-order chi connectivity index (χ0) is 15.4. The summed E-state index contributed by atoms with van der Waals surface area (Å²) in [6.07, 6.45) is 1.59. The van der Waals surface area contributed by atoms with Gasteiger partial charge >= 0.3 is 0 Å². The van der Waals surface area contributed by atoms with Crippen LogP contribution in [0.4, 0.5) is 0 Å². The summed E-state index contributed by atoms with van der Waals surface area (Å²) in [5, 5.41) is 0. The molecule has 0 N–H and O–H groups in total. The second-order valence-corrected chi connectivity index (χ2v) is 6.20. The molecule has 4 rings (SSSR count). The Labute approximate surface area is 128 Å². The van der Waals surface area contributed by atoms with E-state index in [1.807, 2.05) is 13.8 Å². The third-order valence-corrected chi connectivity index (χ3v) is 4.51.